The lowest BCUT2D eigenvalue weighted by Gasteiger charge is -2.42. The van der Waals surface area contributed by atoms with E-state index in [1.807, 2.05) is 0 Å². The van der Waals surface area contributed by atoms with Crippen LogP contribution in [-0.4, -0.2) is 0 Å². The molecule has 0 N–H and O–H groups in total. The molecule has 0 fully saturated rings. The lowest BCUT2D eigenvalue weighted by molar-refractivity contribution is 0.152. The molecular formula is C64H48N2O. The Balaban J connectivity index is 1.02. The van der Waals surface area contributed by atoms with E-state index in [-0.39, 0.29) is 5.41 Å². The zero-order chi connectivity index (χ0) is 45.0. The summed E-state index contributed by atoms with van der Waals surface area (Å²) in [6, 6.07) is 91.7. The molecule has 0 saturated heterocycles. The van der Waals surface area contributed by atoms with Crippen molar-refractivity contribution in [3.05, 3.63) is 283 Å². The fourth-order valence-corrected chi connectivity index (χ4v) is 10.7. The molecule has 0 amide bonds. The fraction of sp³-hybridized carbons (Fsp3) is 0.0625. The third kappa shape index (κ3) is 6.73. The van der Waals surface area contributed by atoms with Gasteiger partial charge in [0.1, 0.15) is 5.75 Å². The Bertz CT molecular complexity index is 3360. The van der Waals surface area contributed by atoms with Gasteiger partial charge in [0.25, 0.3) is 0 Å². The molecule has 10 aromatic rings. The molecule has 1 heterocycles. The fourth-order valence-electron chi connectivity index (χ4n) is 10.7. The second-order valence-electron chi connectivity index (χ2n) is 18.1. The maximum Gasteiger partial charge on any atom is 0.185 e. The minimum Gasteiger partial charge on any atom is -0.472 e. The van der Waals surface area contributed by atoms with Crippen LogP contribution in [0.1, 0.15) is 41.7 Å². The molecule has 10 aromatic carbocycles. The molecule has 0 radical (unpaired) electrons. The van der Waals surface area contributed by atoms with Crippen LogP contribution in [0.25, 0.3) is 33.4 Å². The van der Waals surface area contributed by atoms with Gasteiger partial charge >= 0.3 is 0 Å². The normalized spacial score (nSPS) is 15.0. The first kappa shape index (κ1) is 40.1. The standard InChI is InChI=1S/C64H48N2O/c1-63(2)59-32-17-15-31-56(59)58-43-53(39-41-60(58)63)66(52-29-19-22-46(42-52)45-20-7-3-8-21-45)51-36-34-48(35-37-51)64(47-23-9-4-10-24-47)61-33-18-16-30-55(61)57-40-38-54(44-62(57)67-64)65(49-25-11-5-12-26-49)50-27-13-6-14-28-50/h3-44H,1-2H3. The third-order valence-corrected chi connectivity index (χ3v) is 13.9. The maximum absolute atomic E-state index is 7.68. The Morgan fingerprint density at radius 1 is 0.299 bits per heavy atom. The Labute approximate surface area is 393 Å². The Hall–Kier alpha value is -8.40. The highest BCUT2D eigenvalue weighted by molar-refractivity contribution is 5.88. The van der Waals surface area contributed by atoms with Crippen molar-refractivity contribution in [3.63, 3.8) is 0 Å². The van der Waals surface area contributed by atoms with Gasteiger partial charge in [0.15, 0.2) is 5.60 Å². The highest BCUT2D eigenvalue weighted by Crippen LogP contribution is 2.54. The van der Waals surface area contributed by atoms with Gasteiger partial charge < -0.3 is 14.5 Å². The van der Waals surface area contributed by atoms with Crippen molar-refractivity contribution in [3.8, 4) is 39.1 Å². The molecule has 3 heteroatoms. The average molecular weight is 861 g/mol. The first-order chi connectivity index (χ1) is 33.0. The SMILES string of the molecule is CC1(C)c2ccccc2-c2cc(N(c3ccc(C4(c5ccccc5)Oc5cc(N(c6ccccc6)c6ccccc6)ccc5-c5ccccc54)cc3)c3cccc(-c4ccccc4)c3)ccc21. The van der Waals surface area contributed by atoms with E-state index in [1.54, 1.807) is 0 Å². The molecule has 320 valence electrons. The lowest BCUT2D eigenvalue weighted by Crippen LogP contribution is -2.38. The number of rotatable bonds is 9. The second-order valence-corrected chi connectivity index (χ2v) is 18.1. The van der Waals surface area contributed by atoms with Crippen LogP contribution >= 0.6 is 0 Å². The summed E-state index contributed by atoms with van der Waals surface area (Å²) in [5.41, 5.74) is 18.4. The van der Waals surface area contributed by atoms with Crippen molar-refractivity contribution in [2.75, 3.05) is 9.80 Å². The van der Waals surface area contributed by atoms with Gasteiger partial charge in [0, 0.05) is 67.9 Å². The number of hydrogen-bond acceptors (Lipinski definition) is 3. The van der Waals surface area contributed by atoms with Crippen LogP contribution in [0.4, 0.5) is 34.1 Å². The third-order valence-electron chi connectivity index (χ3n) is 13.9. The first-order valence-corrected chi connectivity index (χ1v) is 23.2. The van der Waals surface area contributed by atoms with E-state index in [0.717, 1.165) is 67.7 Å². The summed E-state index contributed by atoms with van der Waals surface area (Å²) in [6.45, 7) is 4.68. The number of anilines is 6. The predicted molar refractivity (Wildman–Crippen MR) is 278 cm³/mol. The molecule has 67 heavy (non-hydrogen) atoms. The van der Waals surface area contributed by atoms with Crippen LogP contribution in [0.5, 0.6) is 5.75 Å². The maximum atomic E-state index is 7.68. The van der Waals surface area contributed by atoms with Crippen LogP contribution in [0.15, 0.2) is 255 Å². The number of benzene rings is 10. The summed E-state index contributed by atoms with van der Waals surface area (Å²) in [5.74, 6) is 0.821. The molecule has 0 aromatic heterocycles. The molecule has 1 atom stereocenters. The Morgan fingerprint density at radius 3 is 1.43 bits per heavy atom. The van der Waals surface area contributed by atoms with Crippen molar-refractivity contribution in [1.29, 1.82) is 0 Å². The summed E-state index contributed by atoms with van der Waals surface area (Å²) < 4.78 is 7.68. The first-order valence-electron chi connectivity index (χ1n) is 23.2. The molecule has 2 aliphatic rings. The summed E-state index contributed by atoms with van der Waals surface area (Å²) >= 11 is 0. The van der Waals surface area contributed by atoms with Crippen molar-refractivity contribution in [2.45, 2.75) is 24.9 Å². The monoisotopic (exact) mass is 860 g/mol. The molecule has 1 aliphatic carbocycles. The Kier molecular flexibility index (Phi) is 9.73. The van der Waals surface area contributed by atoms with Crippen LogP contribution in [0.2, 0.25) is 0 Å². The highest BCUT2D eigenvalue weighted by atomic mass is 16.5. The topological polar surface area (TPSA) is 15.7 Å². The average Bonchev–Trinajstić information content (AvgIpc) is 3.62. The number of nitrogens with zero attached hydrogens (tertiary/aromatic N) is 2. The molecule has 1 aliphatic heterocycles. The van der Waals surface area contributed by atoms with Gasteiger partial charge in [-0.05, 0) is 112 Å². The van der Waals surface area contributed by atoms with E-state index < -0.39 is 5.60 Å². The minimum absolute atomic E-state index is 0.0903. The van der Waals surface area contributed by atoms with Gasteiger partial charge in [-0.2, -0.15) is 0 Å². The van der Waals surface area contributed by atoms with Crippen molar-refractivity contribution in [1.82, 2.24) is 0 Å². The predicted octanol–water partition coefficient (Wildman–Crippen LogP) is 17.0. The van der Waals surface area contributed by atoms with Gasteiger partial charge in [0.05, 0.1) is 0 Å². The zero-order valence-electron chi connectivity index (χ0n) is 37.6. The molecule has 3 nitrogen and oxygen atoms in total. The zero-order valence-corrected chi connectivity index (χ0v) is 37.6. The summed E-state index contributed by atoms with van der Waals surface area (Å²) in [6.07, 6.45) is 0. The van der Waals surface area contributed by atoms with E-state index >= 15 is 0 Å². The van der Waals surface area contributed by atoms with Gasteiger partial charge in [-0.15, -0.1) is 0 Å². The van der Waals surface area contributed by atoms with E-state index in [4.69, 9.17) is 4.74 Å². The van der Waals surface area contributed by atoms with Crippen molar-refractivity contribution < 1.29 is 4.74 Å². The number of hydrogen-bond donors (Lipinski definition) is 0. The summed E-state index contributed by atoms with van der Waals surface area (Å²) in [4.78, 5) is 4.70. The molecule has 1 unspecified atom stereocenters. The van der Waals surface area contributed by atoms with Crippen LogP contribution in [0.3, 0.4) is 0 Å². The summed E-state index contributed by atoms with van der Waals surface area (Å²) in [5, 5.41) is 0. The van der Waals surface area contributed by atoms with E-state index in [2.05, 4.69) is 278 Å². The smallest absolute Gasteiger partial charge is 0.185 e. The molecule has 12 rings (SSSR count). The number of fused-ring (bicyclic) bond motifs is 6. The quantitative estimate of drug-likeness (QED) is 0.144. The molecule has 0 spiro atoms. The molecular weight excluding hydrogens is 813 g/mol. The highest BCUT2D eigenvalue weighted by Gasteiger charge is 2.45. The van der Waals surface area contributed by atoms with Gasteiger partial charge in [-0.1, -0.05) is 190 Å². The van der Waals surface area contributed by atoms with Crippen molar-refractivity contribution >= 4 is 34.1 Å². The van der Waals surface area contributed by atoms with Crippen LogP contribution in [-0.2, 0) is 11.0 Å². The molecule has 0 saturated carbocycles. The van der Waals surface area contributed by atoms with E-state index in [0.29, 0.717) is 0 Å². The van der Waals surface area contributed by atoms with Gasteiger partial charge in [0.2, 0.25) is 0 Å². The molecule has 0 bridgehead atoms. The lowest BCUT2D eigenvalue weighted by atomic mass is 9.75. The van der Waals surface area contributed by atoms with E-state index in [1.165, 1.54) is 33.4 Å². The second kappa shape index (κ2) is 16.2. The summed E-state index contributed by atoms with van der Waals surface area (Å²) in [7, 11) is 0. The van der Waals surface area contributed by atoms with Crippen molar-refractivity contribution in [2.24, 2.45) is 0 Å². The van der Waals surface area contributed by atoms with E-state index in [9.17, 15) is 0 Å². The largest absolute Gasteiger partial charge is 0.472 e. The van der Waals surface area contributed by atoms with Crippen LogP contribution in [0, 0.1) is 0 Å². The minimum atomic E-state index is -0.965. The van der Waals surface area contributed by atoms with Gasteiger partial charge in [-0.3, -0.25) is 0 Å². The Morgan fingerprint density at radius 2 is 0.746 bits per heavy atom. The number of para-hydroxylation sites is 2. The number of ether oxygens (including phenoxy) is 1. The van der Waals surface area contributed by atoms with Crippen LogP contribution < -0.4 is 14.5 Å². The van der Waals surface area contributed by atoms with Gasteiger partial charge in [-0.25, -0.2) is 0 Å².